The highest BCUT2D eigenvalue weighted by atomic mass is 35.5. The van der Waals surface area contributed by atoms with Gasteiger partial charge in [-0.25, -0.2) is 4.39 Å². The minimum absolute atomic E-state index is 0.190. The van der Waals surface area contributed by atoms with E-state index in [4.69, 9.17) is 21.1 Å². The third-order valence-corrected chi connectivity index (χ3v) is 3.89. The van der Waals surface area contributed by atoms with Gasteiger partial charge in [0.25, 0.3) is 0 Å². The van der Waals surface area contributed by atoms with Crippen LogP contribution in [0.1, 0.15) is 10.9 Å². The van der Waals surface area contributed by atoms with Crippen molar-refractivity contribution in [2.24, 2.45) is 0 Å². The predicted octanol–water partition coefficient (Wildman–Crippen LogP) is 3.67. The zero-order valence-corrected chi connectivity index (χ0v) is 11.1. The van der Waals surface area contributed by atoms with E-state index in [1.165, 1.54) is 6.07 Å². The number of hydrogen-bond donors (Lipinski definition) is 0. The maximum atomic E-state index is 13.8. The average Bonchev–Trinajstić information content (AvgIpc) is 2.48. The lowest BCUT2D eigenvalue weighted by Gasteiger charge is -2.27. The summed E-state index contributed by atoms with van der Waals surface area (Å²) in [5, 5.41) is 1.07. The Hall–Kier alpha value is -1.16. The normalized spacial score (nSPS) is 21.5. The molecule has 0 aliphatic carbocycles. The second-order valence-corrected chi connectivity index (χ2v) is 5.04. The third kappa shape index (κ3) is 2.46. The van der Waals surface area contributed by atoms with Crippen LogP contribution in [0.25, 0.3) is 10.8 Å². The van der Waals surface area contributed by atoms with E-state index in [0.29, 0.717) is 25.2 Å². The van der Waals surface area contributed by atoms with Crippen LogP contribution in [0.15, 0.2) is 36.4 Å². The molecule has 0 aromatic heterocycles. The van der Waals surface area contributed by atoms with E-state index in [2.05, 4.69) is 0 Å². The van der Waals surface area contributed by atoms with E-state index in [-0.39, 0.29) is 17.3 Å². The van der Waals surface area contributed by atoms with Gasteiger partial charge in [0.2, 0.25) is 0 Å². The van der Waals surface area contributed by atoms with E-state index >= 15 is 0 Å². The maximum Gasteiger partial charge on any atom is 0.131 e. The molecule has 1 saturated heterocycles. The number of ether oxygens (including phenoxy) is 2. The Morgan fingerprint density at radius 2 is 1.89 bits per heavy atom. The Bertz CT molecular complexity index is 581. The van der Waals surface area contributed by atoms with Crippen LogP contribution >= 0.6 is 11.6 Å². The van der Waals surface area contributed by atoms with E-state index < -0.39 is 0 Å². The summed E-state index contributed by atoms with van der Waals surface area (Å²) in [6, 6.07) is 10.5. The first-order valence-corrected chi connectivity index (χ1v) is 6.71. The van der Waals surface area contributed by atoms with Crippen molar-refractivity contribution >= 4 is 22.4 Å². The Morgan fingerprint density at radius 1 is 1.11 bits per heavy atom. The predicted molar refractivity (Wildman–Crippen MR) is 73.1 cm³/mol. The Labute approximate surface area is 116 Å². The topological polar surface area (TPSA) is 18.5 Å². The molecule has 2 aromatic carbocycles. The smallest absolute Gasteiger partial charge is 0.131 e. The highest BCUT2D eigenvalue weighted by Gasteiger charge is 2.26. The van der Waals surface area contributed by atoms with Crippen molar-refractivity contribution < 1.29 is 13.9 Å². The van der Waals surface area contributed by atoms with Gasteiger partial charge in [0.05, 0.1) is 25.2 Å². The summed E-state index contributed by atoms with van der Waals surface area (Å²) in [5.74, 6) is -0.232. The second kappa shape index (κ2) is 5.45. The summed E-state index contributed by atoms with van der Waals surface area (Å²) in [6.45, 7) is 1.62. The maximum absolute atomic E-state index is 13.8. The molecule has 1 heterocycles. The number of benzene rings is 2. The van der Waals surface area contributed by atoms with Crippen molar-refractivity contribution in [3.8, 4) is 0 Å². The fraction of sp³-hybridized carbons (Fsp3) is 0.333. The zero-order chi connectivity index (χ0) is 13.2. The molecule has 1 aliphatic rings. The monoisotopic (exact) mass is 280 g/mol. The van der Waals surface area contributed by atoms with Crippen molar-refractivity contribution in [2.45, 2.75) is 11.5 Å². The summed E-state index contributed by atoms with van der Waals surface area (Å²) in [7, 11) is 0. The minimum atomic E-state index is -0.342. The number of alkyl halides is 1. The first-order chi connectivity index (χ1) is 9.27. The SMILES string of the molecule is Fc1ccc(C(Cl)C2COCCO2)c2ccccc12. The van der Waals surface area contributed by atoms with E-state index in [1.807, 2.05) is 18.2 Å². The molecule has 100 valence electrons. The van der Waals surface area contributed by atoms with Crippen LogP contribution in [0.5, 0.6) is 0 Å². The largest absolute Gasteiger partial charge is 0.376 e. The van der Waals surface area contributed by atoms with Crippen molar-refractivity contribution in [2.75, 3.05) is 19.8 Å². The lowest BCUT2D eigenvalue weighted by Crippen LogP contribution is -2.32. The zero-order valence-electron chi connectivity index (χ0n) is 10.3. The van der Waals surface area contributed by atoms with Gasteiger partial charge in [0.1, 0.15) is 11.9 Å². The van der Waals surface area contributed by atoms with E-state index in [9.17, 15) is 4.39 Å². The highest BCUT2D eigenvalue weighted by molar-refractivity contribution is 6.22. The molecular weight excluding hydrogens is 267 g/mol. The molecule has 0 N–H and O–H groups in total. The first kappa shape index (κ1) is 12.9. The van der Waals surface area contributed by atoms with Gasteiger partial charge in [-0.1, -0.05) is 30.3 Å². The fourth-order valence-electron chi connectivity index (χ4n) is 2.40. The summed E-state index contributed by atoms with van der Waals surface area (Å²) in [4.78, 5) is 0. The molecule has 0 radical (unpaired) electrons. The number of rotatable bonds is 2. The Kier molecular flexibility index (Phi) is 3.69. The lowest BCUT2D eigenvalue weighted by atomic mass is 9.99. The molecule has 2 atom stereocenters. The molecule has 1 aliphatic heterocycles. The molecule has 4 heteroatoms. The van der Waals surface area contributed by atoms with Crippen molar-refractivity contribution in [3.05, 3.63) is 47.8 Å². The van der Waals surface area contributed by atoms with Crippen LogP contribution < -0.4 is 0 Å². The van der Waals surface area contributed by atoms with Crippen molar-refractivity contribution in [1.82, 2.24) is 0 Å². The van der Waals surface area contributed by atoms with Gasteiger partial charge in [-0.2, -0.15) is 0 Å². The summed E-state index contributed by atoms with van der Waals surface area (Å²) in [6.07, 6.45) is -0.190. The van der Waals surface area contributed by atoms with Crippen LogP contribution in [0, 0.1) is 5.82 Å². The van der Waals surface area contributed by atoms with Crippen molar-refractivity contribution in [1.29, 1.82) is 0 Å². The van der Waals surface area contributed by atoms with Crippen LogP contribution in [-0.4, -0.2) is 25.9 Å². The van der Waals surface area contributed by atoms with Gasteiger partial charge < -0.3 is 9.47 Å². The molecule has 0 saturated carbocycles. The molecule has 19 heavy (non-hydrogen) atoms. The number of hydrogen-bond acceptors (Lipinski definition) is 2. The number of fused-ring (bicyclic) bond motifs is 1. The molecule has 0 spiro atoms. The summed E-state index contributed by atoms with van der Waals surface area (Å²) in [5.41, 5.74) is 0.883. The van der Waals surface area contributed by atoms with E-state index in [0.717, 1.165) is 10.9 Å². The fourth-order valence-corrected chi connectivity index (χ4v) is 2.74. The Morgan fingerprint density at radius 3 is 2.63 bits per heavy atom. The standard InChI is InChI=1S/C15H14ClFO2/c16-15(14-9-18-7-8-19-14)12-5-6-13(17)11-4-2-1-3-10(11)12/h1-6,14-15H,7-9H2. The quantitative estimate of drug-likeness (QED) is 0.782. The van der Waals surface area contributed by atoms with Gasteiger partial charge in [-0.15, -0.1) is 11.6 Å². The van der Waals surface area contributed by atoms with Crippen LogP contribution in [0.2, 0.25) is 0 Å². The molecule has 2 aromatic rings. The Balaban J connectivity index is 2.02. The van der Waals surface area contributed by atoms with Crippen LogP contribution in [-0.2, 0) is 9.47 Å². The van der Waals surface area contributed by atoms with E-state index in [1.54, 1.807) is 12.1 Å². The lowest BCUT2D eigenvalue weighted by molar-refractivity contribution is -0.0891. The first-order valence-electron chi connectivity index (χ1n) is 6.28. The second-order valence-electron chi connectivity index (χ2n) is 4.57. The van der Waals surface area contributed by atoms with Gasteiger partial charge >= 0.3 is 0 Å². The van der Waals surface area contributed by atoms with Gasteiger partial charge in [-0.05, 0) is 17.0 Å². The molecule has 1 fully saturated rings. The summed E-state index contributed by atoms with van der Waals surface area (Å²) < 4.78 is 24.8. The molecule has 0 amide bonds. The molecule has 3 rings (SSSR count). The molecule has 0 bridgehead atoms. The van der Waals surface area contributed by atoms with Crippen molar-refractivity contribution in [3.63, 3.8) is 0 Å². The summed E-state index contributed by atoms with van der Waals surface area (Å²) >= 11 is 6.49. The van der Waals surface area contributed by atoms with Crippen LogP contribution in [0.3, 0.4) is 0 Å². The van der Waals surface area contributed by atoms with Gasteiger partial charge in [0, 0.05) is 5.39 Å². The average molecular weight is 281 g/mol. The molecular formula is C15H14ClFO2. The number of halogens is 2. The van der Waals surface area contributed by atoms with Gasteiger partial charge in [0.15, 0.2) is 0 Å². The molecule has 2 unspecified atom stereocenters. The van der Waals surface area contributed by atoms with Gasteiger partial charge in [-0.3, -0.25) is 0 Å². The molecule has 2 nitrogen and oxygen atoms in total. The highest BCUT2D eigenvalue weighted by Crippen LogP contribution is 2.34. The van der Waals surface area contributed by atoms with Crippen LogP contribution in [0.4, 0.5) is 4.39 Å². The minimum Gasteiger partial charge on any atom is -0.376 e. The third-order valence-electron chi connectivity index (χ3n) is 3.37.